The Morgan fingerprint density at radius 2 is 2.03 bits per heavy atom. The molecule has 4 rings (SSSR count). The van der Waals surface area contributed by atoms with Gasteiger partial charge in [0.2, 0.25) is 0 Å². The van der Waals surface area contributed by atoms with Gasteiger partial charge in [0.15, 0.2) is 0 Å². The third kappa shape index (κ3) is 3.96. The molecule has 0 radical (unpaired) electrons. The number of hydrogen-bond acceptors (Lipinski definition) is 6. The zero-order valence-electron chi connectivity index (χ0n) is 15.7. The number of nitrogens with one attached hydrogen (secondary N) is 3. The Labute approximate surface area is 175 Å². The summed E-state index contributed by atoms with van der Waals surface area (Å²) in [6, 6.07) is 12.3. The van der Waals surface area contributed by atoms with Gasteiger partial charge in [0.05, 0.1) is 20.8 Å². The highest BCUT2D eigenvalue weighted by Gasteiger charge is 2.41. The molecule has 4 amide bonds. The Morgan fingerprint density at radius 3 is 2.79 bits per heavy atom. The predicted molar refractivity (Wildman–Crippen MR) is 115 cm³/mol. The molecule has 3 N–H and O–H groups in total. The summed E-state index contributed by atoms with van der Waals surface area (Å²) in [6.45, 7) is 3.61. The van der Waals surface area contributed by atoms with Crippen LogP contribution < -0.4 is 16.0 Å². The average Bonchev–Trinajstić information content (AvgIpc) is 3.17. The molecule has 1 aromatic heterocycles. The predicted octanol–water partition coefficient (Wildman–Crippen LogP) is 3.55. The van der Waals surface area contributed by atoms with Crippen molar-refractivity contribution < 1.29 is 14.4 Å². The molecule has 1 aliphatic rings. The van der Waals surface area contributed by atoms with Crippen LogP contribution in [0.1, 0.15) is 22.3 Å². The molecule has 0 unspecified atom stereocenters. The number of carbonyl (C=O) groups excluding carboxylic acids is 3. The van der Waals surface area contributed by atoms with E-state index in [2.05, 4.69) is 20.9 Å². The van der Waals surface area contributed by atoms with Crippen LogP contribution in [0.2, 0.25) is 0 Å². The fraction of sp³-hybridized carbons (Fsp3) is 0.200. The normalized spacial score (nSPS) is 18.6. The lowest BCUT2D eigenvalue weighted by molar-refractivity contribution is -0.122. The first-order valence-corrected chi connectivity index (χ1v) is 10.7. The van der Waals surface area contributed by atoms with Crippen LogP contribution in [-0.2, 0) is 4.79 Å². The maximum Gasteiger partial charge on any atom is 0.322 e. The molecule has 1 saturated heterocycles. The Balaban J connectivity index is 1.51. The molecule has 1 fully saturated rings. The quantitative estimate of drug-likeness (QED) is 0.428. The number of aryl methyl sites for hydroxylation is 1. The standard InChI is InChI=1S/C20H18N4O3S2/c1-11-21-14-8-7-12(9-16(14)29-11)22-17(25)13-5-3-4-6-15(13)28-10-20(2)18(26)23-19(27)24-20/h3-9H,10H2,1-2H3,(H,22,25)(H2,23,24,26,27)/t20-/m1/s1. The third-order valence-corrected chi connectivity index (χ3v) is 6.84. The van der Waals surface area contributed by atoms with Gasteiger partial charge in [-0.2, -0.15) is 0 Å². The first-order chi connectivity index (χ1) is 13.8. The molecule has 2 heterocycles. The molecule has 1 aliphatic heterocycles. The van der Waals surface area contributed by atoms with E-state index in [1.807, 2.05) is 37.3 Å². The molecule has 9 heteroatoms. The maximum atomic E-state index is 12.9. The Morgan fingerprint density at radius 1 is 1.24 bits per heavy atom. The number of imide groups is 1. The van der Waals surface area contributed by atoms with E-state index >= 15 is 0 Å². The van der Waals surface area contributed by atoms with Crippen LogP contribution in [-0.4, -0.2) is 34.1 Å². The minimum atomic E-state index is -1.01. The number of carbonyl (C=O) groups is 3. The van der Waals surface area contributed by atoms with Gasteiger partial charge in [0.1, 0.15) is 5.54 Å². The van der Waals surface area contributed by atoms with Gasteiger partial charge in [-0.3, -0.25) is 14.9 Å². The number of amides is 4. The molecule has 148 valence electrons. The van der Waals surface area contributed by atoms with Crippen LogP contribution in [0.25, 0.3) is 10.2 Å². The minimum absolute atomic E-state index is 0.237. The lowest BCUT2D eigenvalue weighted by atomic mass is 10.1. The van der Waals surface area contributed by atoms with E-state index in [1.54, 1.807) is 30.4 Å². The van der Waals surface area contributed by atoms with Crippen molar-refractivity contribution in [2.45, 2.75) is 24.3 Å². The van der Waals surface area contributed by atoms with Gasteiger partial charge < -0.3 is 10.6 Å². The minimum Gasteiger partial charge on any atom is -0.323 e. The molecule has 2 aromatic carbocycles. The number of urea groups is 1. The highest BCUT2D eigenvalue weighted by Crippen LogP contribution is 2.29. The van der Waals surface area contributed by atoms with Gasteiger partial charge in [-0.25, -0.2) is 9.78 Å². The van der Waals surface area contributed by atoms with Crippen LogP contribution in [0.3, 0.4) is 0 Å². The van der Waals surface area contributed by atoms with Gasteiger partial charge in [-0.15, -0.1) is 23.1 Å². The van der Waals surface area contributed by atoms with Gasteiger partial charge in [0.25, 0.3) is 11.8 Å². The number of nitrogens with zero attached hydrogens (tertiary/aromatic N) is 1. The summed E-state index contributed by atoms with van der Waals surface area (Å²) in [6.07, 6.45) is 0. The van der Waals surface area contributed by atoms with Crippen molar-refractivity contribution in [2.75, 3.05) is 11.1 Å². The van der Waals surface area contributed by atoms with E-state index in [0.29, 0.717) is 17.0 Å². The fourth-order valence-electron chi connectivity index (χ4n) is 3.00. The van der Waals surface area contributed by atoms with Gasteiger partial charge in [0, 0.05) is 16.3 Å². The number of rotatable bonds is 5. The summed E-state index contributed by atoms with van der Waals surface area (Å²) in [4.78, 5) is 41.5. The summed E-state index contributed by atoms with van der Waals surface area (Å²) in [7, 11) is 0. The second-order valence-electron chi connectivity index (χ2n) is 6.89. The molecule has 1 atom stereocenters. The summed E-state index contributed by atoms with van der Waals surface area (Å²) in [5.41, 5.74) is 1.10. The van der Waals surface area contributed by atoms with Crippen molar-refractivity contribution in [3.05, 3.63) is 53.0 Å². The van der Waals surface area contributed by atoms with E-state index in [-0.39, 0.29) is 11.8 Å². The molecule has 0 spiro atoms. The molecule has 0 aliphatic carbocycles. The number of thiazole rings is 1. The smallest absolute Gasteiger partial charge is 0.322 e. The van der Waals surface area contributed by atoms with Gasteiger partial charge in [-0.1, -0.05) is 12.1 Å². The van der Waals surface area contributed by atoms with Crippen molar-refractivity contribution in [3.8, 4) is 0 Å². The second-order valence-corrected chi connectivity index (χ2v) is 9.15. The molecule has 0 saturated carbocycles. The molecular formula is C20H18N4O3S2. The van der Waals surface area contributed by atoms with Crippen LogP contribution >= 0.6 is 23.1 Å². The number of aromatic nitrogens is 1. The Kier molecular flexibility index (Phi) is 5.01. The zero-order chi connectivity index (χ0) is 20.6. The molecule has 3 aromatic rings. The molecule has 7 nitrogen and oxygen atoms in total. The highest BCUT2D eigenvalue weighted by atomic mass is 32.2. The largest absolute Gasteiger partial charge is 0.323 e. The van der Waals surface area contributed by atoms with Crippen LogP contribution in [0.4, 0.5) is 10.5 Å². The van der Waals surface area contributed by atoms with Crippen LogP contribution in [0.5, 0.6) is 0 Å². The summed E-state index contributed by atoms with van der Waals surface area (Å²) < 4.78 is 1.01. The molecule has 29 heavy (non-hydrogen) atoms. The zero-order valence-corrected chi connectivity index (χ0v) is 17.4. The Bertz CT molecular complexity index is 1140. The summed E-state index contributed by atoms with van der Waals surface area (Å²) in [5.74, 6) is -0.301. The summed E-state index contributed by atoms with van der Waals surface area (Å²) in [5, 5.41) is 8.78. The van der Waals surface area contributed by atoms with Crippen LogP contribution in [0.15, 0.2) is 47.4 Å². The monoisotopic (exact) mass is 426 g/mol. The topological polar surface area (TPSA) is 100 Å². The first-order valence-electron chi connectivity index (χ1n) is 8.88. The lowest BCUT2D eigenvalue weighted by Gasteiger charge is -2.20. The number of fused-ring (bicyclic) bond motifs is 1. The highest BCUT2D eigenvalue weighted by molar-refractivity contribution is 7.99. The van der Waals surface area contributed by atoms with Gasteiger partial charge >= 0.3 is 6.03 Å². The van der Waals surface area contributed by atoms with Crippen molar-refractivity contribution in [2.24, 2.45) is 0 Å². The van der Waals surface area contributed by atoms with E-state index in [0.717, 1.165) is 20.1 Å². The van der Waals surface area contributed by atoms with Gasteiger partial charge in [-0.05, 0) is 44.2 Å². The Hall–Kier alpha value is -2.91. The van der Waals surface area contributed by atoms with Crippen molar-refractivity contribution >= 4 is 56.8 Å². The lowest BCUT2D eigenvalue weighted by Crippen LogP contribution is -2.46. The fourth-order valence-corrected chi connectivity index (χ4v) is 5.00. The van der Waals surface area contributed by atoms with E-state index in [1.165, 1.54) is 11.8 Å². The van der Waals surface area contributed by atoms with Crippen molar-refractivity contribution in [1.29, 1.82) is 0 Å². The van der Waals surface area contributed by atoms with Crippen molar-refractivity contribution in [3.63, 3.8) is 0 Å². The first kappa shape index (κ1) is 19.4. The average molecular weight is 427 g/mol. The second kappa shape index (κ2) is 7.49. The number of hydrogen-bond donors (Lipinski definition) is 3. The van der Waals surface area contributed by atoms with E-state index in [9.17, 15) is 14.4 Å². The maximum absolute atomic E-state index is 12.9. The SMILES string of the molecule is Cc1nc2ccc(NC(=O)c3ccccc3SC[C@@]3(C)NC(=O)NC3=O)cc2s1. The summed E-state index contributed by atoms with van der Waals surface area (Å²) >= 11 is 2.93. The number of benzene rings is 2. The molecule has 0 bridgehead atoms. The third-order valence-electron chi connectivity index (χ3n) is 4.52. The number of anilines is 1. The van der Waals surface area contributed by atoms with Crippen molar-refractivity contribution in [1.82, 2.24) is 15.6 Å². The van der Waals surface area contributed by atoms with Crippen LogP contribution in [0, 0.1) is 6.92 Å². The number of thioether (sulfide) groups is 1. The molecular weight excluding hydrogens is 408 g/mol. The van der Waals surface area contributed by atoms with E-state index < -0.39 is 11.6 Å². The van der Waals surface area contributed by atoms with E-state index in [4.69, 9.17) is 0 Å².